The van der Waals surface area contributed by atoms with E-state index in [1.54, 1.807) is 43.3 Å². The third-order valence-electron chi connectivity index (χ3n) is 3.20. The molecular formula is C19H20N2O4. The lowest BCUT2D eigenvalue weighted by Gasteiger charge is -2.05. The highest BCUT2D eigenvalue weighted by Crippen LogP contribution is 2.11. The first-order valence-corrected chi connectivity index (χ1v) is 7.87. The summed E-state index contributed by atoms with van der Waals surface area (Å²) in [6, 6.07) is 14.2. The number of nitrogens with one attached hydrogen (secondary N) is 1. The Morgan fingerprint density at radius 1 is 1.16 bits per heavy atom. The summed E-state index contributed by atoms with van der Waals surface area (Å²) in [5.41, 5.74) is 4.83. The molecule has 130 valence electrons. The maximum atomic E-state index is 12.0. The van der Waals surface area contributed by atoms with Crippen molar-refractivity contribution < 1.29 is 19.1 Å². The number of nitrogens with zero attached hydrogens (tertiary/aromatic N) is 1. The normalized spacial score (nSPS) is 10.5. The number of benzene rings is 2. The van der Waals surface area contributed by atoms with E-state index >= 15 is 0 Å². The van der Waals surface area contributed by atoms with Crippen molar-refractivity contribution >= 4 is 18.1 Å². The van der Waals surface area contributed by atoms with E-state index in [9.17, 15) is 9.59 Å². The van der Waals surface area contributed by atoms with Crippen LogP contribution in [0.2, 0.25) is 0 Å². The molecule has 1 N–H and O–H groups in total. The molecule has 1 amide bonds. The van der Waals surface area contributed by atoms with Gasteiger partial charge >= 0.3 is 5.97 Å². The lowest BCUT2D eigenvalue weighted by atomic mass is 10.1. The van der Waals surface area contributed by atoms with Crippen LogP contribution in [0.1, 0.15) is 28.4 Å². The second-order valence-electron chi connectivity index (χ2n) is 5.23. The Kier molecular flexibility index (Phi) is 6.71. The molecule has 2 rings (SSSR count). The predicted octanol–water partition coefficient (Wildman–Crippen LogP) is 2.70. The molecule has 6 nitrogen and oxygen atoms in total. The molecule has 0 saturated carbocycles. The van der Waals surface area contributed by atoms with E-state index in [0.717, 1.165) is 11.1 Å². The number of ether oxygens (including phenoxy) is 2. The first-order chi connectivity index (χ1) is 12.1. The highest BCUT2D eigenvalue weighted by molar-refractivity contribution is 5.95. The van der Waals surface area contributed by atoms with E-state index in [-0.39, 0.29) is 12.5 Å². The van der Waals surface area contributed by atoms with Crippen molar-refractivity contribution in [3.63, 3.8) is 0 Å². The summed E-state index contributed by atoms with van der Waals surface area (Å²) in [6.07, 6.45) is 1.53. The largest absolute Gasteiger partial charge is 0.482 e. The molecule has 0 spiro atoms. The third-order valence-corrected chi connectivity index (χ3v) is 3.20. The van der Waals surface area contributed by atoms with Crippen LogP contribution in [0.4, 0.5) is 0 Å². The van der Waals surface area contributed by atoms with E-state index in [4.69, 9.17) is 9.47 Å². The van der Waals surface area contributed by atoms with Gasteiger partial charge in [-0.2, -0.15) is 5.10 Å². The second kappa shape index (κ2) is 9.22. The zero-order chi connectivity index (χ0) is 18.1. The predicted molar refractivity (Wildman–Crippen MR) is 94.8 cm³/mol. The monoisotopic (exact) mass is 340 g/mol. The average Bonchev–Trinajstić information content (AvgIpc) is 2.61. The van der Waals surface area contributed by atoms with Crippen LogP contribution in [0.25, 0.3) is 0 Å². The molecule has 25 heavy (non-hydrogen) atoms. The van der Waals surface area contributed by atoms with Gasteiger partial charge in [-0.25, -0.2) is 10.2 Å². The van der Waals surface area contributed by atoms with Crippen LogP contribution < -0.4 is 10.2 Å². The molecule has 0 radical (unpaired) electrons. The first-order valence-electron chi connectivity index (χ1n) is 7.87. The van der Waals surface area contributed by atoms with Crippen molar-refractivity contribution in [3.05, 3.63) is 65.2 Å². The first kappa shape index (κ1) is 18.2. The van der Waals surface area contributed by atoms with E-state index in [1.807, 2.05) is 19.1 Å². The number of hydrogen-bond donors (Lipinski definition) is 1. The van der Waals surface area contributed by atoms with Gasteiger partial charge in [0.25, 0.3) is 5.91 Å². The van der Waals surface area contributed by atoms with E-state index in [1.165, 1.54) is 6.21 Å². The molecule has 0 atom stereocenters. The minimum atomic E-state index is -0.410. The Morgan fingerprint density at radius 2 is 1.92 bits per heavy atom. The van der Waals surface area contributed by atoms with E-state index in [0.29, 0.717) is 17.9 Å². The smallest absolute Gasteiger partial charge is 0.344 e. The Bertz CT molecular complexity index is 754. The molecule has 2 aromatic carbocycles. The van der Waals surface area contributed by atoms with Gasteiger partial charge in [-0.05, 0) is 55.8 Å². The average molecular weight is 340 g/mol. The van der Waals surface area contributed by atoms with Gasteiger partial charge in [-0.1, -0.05) is 17.7 Å². The van der Waals surface area contributed by atoms with Gasteiger partial charge in [0.2, 0.25) is 0 Å². The van der Waals surface area contributed by atoms with Crippen LogP contribution in [0, 0.1) is 6.92 Å². The SMILES string of the molecule is CCOC(=O)COc1ccc(/C=N\NC(=O)c2cccc(C)c2)cc1. The number of carbonyl (C=O) groups is 2. The van der Waals surface area contributed by atoms with Crippen molar-refractivity contribution in [1.82, 2.24) is 5.43 Å². The Balaban J connectivity index is 1.85. The zero-order valence-electron chi connectivity index (χ0n) is 14.2. The minimum Gasteiger partial charge on any atom is -0.482 e. The maximum Gasteiger partial charge on any atom is 0.344 e. The molecule has 0 saturated heterocycles. The van der Waals surface area contributed by atoms with Crippen molar-refractivity contribution in [2.45, 2.75) is 13.8 Å². The Morgan fingerprint density at radius 3 is 2.60 bits per heavy atom. The number of carbonyl (C=O) groups excluding carboxylic acids is 2. The Hall–Kier alpha value is -3.15. The molecule has 0 unspecified atom stereocenters. The number of esters is 1. The van der Waals surface area contributed by atoms with Crippen LogP contribution >= 0.6 is 0 Å². The fourth-order valence-corrected chi connectivity index (χ4v) is 2.01. The molecule has 6 heteroatoms. The van der Waals surface area contributed by atoms with Gasteiger partial charge < -0.3 is 9.47 Å². The zero-order valence-corrected chi connectivity index (χ0v) is 14.2. The van der Waals surface area contributed by atoms with Crippen molar-refractivity contribution in [2.24, 2.45) is 5.10 Å². The standard InChI is InChI=1S/C19H20N2O4/c1-3-24-18(22)13-25-17-9-7-15(8-10-17)12-20-21-19(23)16-6-4-5-14(2)11-16/h4-12H,3,13H2,1-2H3,(H,21,23)/b20-12-. The third kappa shape index (κ3) is 6.10. The summed E-state index contributed by atoms with van der Waals surface area (Å²) in [5.74, 6) is -0.129. The number of hydrogen-bond acceptors (Lipinski definition) is 5. The van der Waals surface area contributed by atoms with Crippen LogP contribution in [-0.4, -0.2) is 31.3 Å². The topological polar surface area (TPSA) is 77.0 Å². The molecule has 0 heterocycles. The van der Waals surface area contributed by atoms with Crippen LogP contribution in [-0.2, 0) is 9.53 Å². The molecule has 0 bridgehead atoms. The number of aryl methyl sites for hydroxylation is 1. The van der Waals surface area contributed by atoms with Gasteiger partial charge in [-0.3, -0.25) is 4.79 Å². The van der Waals surface area contributed by atoms with E-state index in [2.05, 4.69) is 10.5 Å². The molecular weight excluding hydrogens is 320 g/mol. The fourth-order valence-electron chi connectivity index (χ4n) is 2.01. The molecule has 0 aliphatic heterocycles. The summed E-state index contributed by atoms with van der Waals surface area (Å²) in [4.78, 5) is 23.2. The summed E-state index contributed by atoms with van der Waals surface area (Å²) in [6.45, 7) is 3.86. The van der Waals surface area contributed by atoms with Gasteiger partial charge in [0, 0.05) is 5.56 Å². The summed E-state index contributed by atoms with van der Waals surface area (Å²) in [7, 11) is 0. The number of amides is 1. The number of rotatable bonds is 7. The van der Waals surface area contributed by atoms with Gasteiger partial charge in [0.15, 0.2) is 6.61 Å². The molecule has 0 aromatic heterocycles. The highest BCUT2D eigenvalue weighted by Gasteiger charge is 2.04. The van der Waals surface area contributed by atoms with E-state index < -0.39 is 5.97 Å². The maximum absolute atomic E-state index is 12.0. The highest BCUT2D eigenvalue weighted by atomic mass is 16.6. The van der Waals surface area contributed by atoms with Crippen LogP contribution in [0.3, 0.4) is 0 Å². The quantitative estimate of drug-likeness (QED) is 0.478. The Labute approximate surface area is 146 Å². The fraction of sp³-hybridized carbons (Fsp3) is 0.211. The minimum absolute atomic E-state index is 0.131. The lowest BCUT2D eigenvalue weighted by Crippen LogP contribution is -2.17. The van der Waals surface area contributed by atoms with Crippen LogP contribution in [0.5, 0.6) is 5.75 Å². The van der Waals surface area contributed by atoms with Gasteiger partial charge in [0.1, 0.15) is 5.75 Å². The molecule has 0 fully saturated rings. The van der Waals surface area contributed by atoms with Crippen molar-refractivity contribution in [1.29, 1.82) is 0 Å². The molecule has 0 aliphatic rings. The lowest BCUT2D eigenvalue weighted by molar-refractivity contribution is -0.145. The second-order valence-corrected chi connectivity index (χ2v) is 5.23. The van der Waals surface area contributed by atoms with Crippen LogP contribution in [0.15, 0.2) is 53.6 Å². The molecule has 2 aromatic rings. The van der Waals surface area contributed by atoms with Gasteiger partial charge in [-0.15, -0.1) is 0 Å². The summed E-state index contributed by atoms with van der Waals surface area (Å²) >= 11 is 0. The molecule has 0 aliphatic carbocycles. The van der Waals surface area contributed by atoms with Crippen molar-refractivity contribution in [2.75, 3.05) is 13.2 Å². The van der Waals surface area contributed by atoms with Gasteiger partial charge in [0.05, 0.1) is 12.8 Å². The number of hydrazone groups is 1. The van der Waals surface area contributed by atoms with Crippen molar-refractivity contribution in [3.8, 4) is 5.75 Å². The summed E-state index contributed by atoms with van der Waals surface area (Å²) < 4.78 is 10.1. The summed E-state index contributed by atoms with van der Waals surface area (Å²) in [5, 5.41) is 3.94.